The van der Waals surface area contributed by atoms with Gasteiger partial charge in [-0.1, -0.05) is 6.92 Å². The summed E-state index contributed by atoms with van der Waals surface area (Å²) in [6, 6.07) is 2.28. The van der Waals surface area contributed by atoms with Crippen LogP contribution in [0, 0.1) is 17.0 Å². The van der Waals surface area contributed by atoms with E-state index in [9.17, 15) is 8.78 Å². The Kier molecular flexibility index (Phi) is 3.94. The van der Waals surface area contributed by atoms with Crippen molar-refractivity contribution in [1.82, 2.24) is 4.90 Å². The van der Waals surface area contributed by atoms with Crippen LogP contribution in [0.5, 0.6) is 0 Å². The first-order valence-corrected chi connectivity index (χ1v) is 6.57. The summed E-state index contributed by atoms with van der Waals surface area (Å²) in [6.07, 6.45) is 2.05. The topological polar surface area (TPSA) is 41.3 Å². The maximum Gasteiger partial charge on any atom is 0.151 e. The van der Waals surface area contributed by atoms with Crippen LogP contribution in [-0.4, -0.2) is 31.6 Å². The molecule has 0 unspecified atom stereocenters. The molecule has 3 nitrogen and oxygen atoms in total. The van der Waals surface area contributed by atoms with Crippen molar-refractivity contribution in [3.05, 3.63) is 23.8 Å². The second-order valence-electron chi connectivity index (χ2n) is 5.83. The van der Waals surface area contributed by atoms with Crippen molar-refractivity contribution < 1.29 is 8.78 Å². The van der Waals surface area contributed by atoms with Gasteiger partial charge in [-0.2, -0.15) is 0 Å². The molecule has 2 rings (SSSR count). The number of hydrogen-bond acceptors (Lipinski definition) is 3. The number of nitrogens with one attached hydrogen (secondary N) is 1. The van der Waals surface area contributed by atoms with E-state index in [0.29, 0.717) is 6.54 Å². The zero-order valence-corrected chi connectivity index (χ0v) is 11.5. The van der Waals surface area contributed by atoms with Gasteiger partial charge in [-0.25, -0.2) is 8.78 Å². The van der Waals surface area contributed by atoms with Crippen molar-refractivity contribution >= 4 is 11.4 Å². The molecule has 0 atom stereocenters. The predicted octanol–water partition coefficient (Wildman–Crippen LogP) is 2.69. The minimum atomic E-state index is -0.631. The summed E-state index contributed by atoms with van der Waals surface area (Å²) in [7, 11) is 2.09. The van der Waals surface area contributed by atoms with E-state index in [-0.39, 0.29) is 16.8 Å². The number of nitrogens with zero attached hydrogens (tertiary/aromatic N) is 1. The standard InChI is InChI=1S/C14H21F2N3/c1-14(3-5-19(2)6-4-14)9-18-13-11(15)7-10(17)8-12(13)16/h7-8,18H,3-6,9,17H2,1-2H3. The number of likely N-dealkylation sites (tertiary alicyclic amines) is 1. The first-order chi connectivity index (χ1) is 8.89. The first kappa shape index (κ1) is 14.1. The van der Waals surface area contributed by atoms with Gasteiger partial charge < -0.3 is 16.0 Å². The fraction of sp³-hybridized carbons (Fsp3) is 0.571. The molecule has 1 aromatic carbocycles. The minimum Gasteiger partial charge on any atom is -0.399 e. The number of hydrogen-bond donors (Lipinski definition) is 2. The van der Waals surface area contributed by atoms with Crippen molar-refractivity contribution in [2.24, 2.45) is 5.41 Å². The lowest BCUT2D eigenvalue weighted by Crippen LogP contribution is -2.40. The Hall–Kier alpha value is -1.36. The van der Waals surface area contributed by atoms with Crippen LogP contribution in [0.4, 0.5) is 20.2 Å². The molecule has 0 radical (unpaired) electrons. The lowest BCUT2D eigenvalue weighted by Gasteiger charge is -2.38. The summed E-state index contributed by atoms with van der Waals surface area (Å²) in [6.45, 7) is 4.76. The van der Waals surface area contributed by atoms with E-state index in [2.05, 4.69) is 24.2 Å². The number of nitrogens with two attached hydrogens (primary N) is 1. The molecule has 0 amide bonds. The highest BCUT2D eigenvalue weighted by Gasteiger charge is 2.29. The Morgan fingerprint density at radius 1 is 1.26 bits per heavy atom. The Bertz CT molecular complexity index is 431. The van der Waals surface area contributed by atoms with Crippen LogP contribution in [0.25, 0.3) is 0 Å². The van der Waals surface area contributed by atoms with Crippen LogP contribution < -0.4 is 11.1 Å². The smallest absolute Gasteiger partial charge is 0.151 e. The number of anilines is 2. The zero-order valence-electron chi connectivity index (χ0n) is 11.5. The van der Waals surface area contributed by atoms with Crippen LogP contribution in [-0.2, 0) is 0 Å². The van der Waals surface area contributed by atoms with Crippen LogP contribution in [0.1, 0.15) is 19.8 Å². The molecule has 1 saturated heterocycles. The Morgan fingerprint density at radius 3 is 2.32 bits per heavy atom. The summed E-state index contributed by atoms with van der Waals surface area (Å²) in [5, 5.41) is 2.91. The Balaban J connectivity index is 2.03. The highest BCUT2D eigenvalue weighted by Crippen LogP contribution is 2.31. The highest BCUT2D eigenvalue weighted by atomic mass is 19.1. The molecule has 19 heavy (non-hydrogen) atoms. The molecule has 1 aliphatic heterocycles. The molecule has 0 aliphatic carbocycles. The highest BCUT2D eigenvalue weighted by molar-refractivity contribution is 5.54. The molecule has 0 bridgehead atoms. The minimum absolute atomic E-state index is 0.0747. The molecule has 0 saturated carbocycles. The zero-order chi connectivity index (χ0) is 14.0. The molecule has 1 aliphatic rings. The van der Waals surface area contributed by atoms with Gasteiger partial charge in [0.1, 0.15) is 5.69 Å². The van der Waals surface area contributed by atoms with Crippen LogP contribution in [0.3, 0.4) is 0 Å². The van der Waals surface area contributed by atoms with Gasteiger partial charge in [0, 0.05) is 12.2 Å². The fourth-order valence-electron chi connectivity index (χ4n) is 2.40. The van der Waals surface area contributed by atoms with E-state index in [1.54, 1.807) is 0 Å². The van der Waals surface area contributed by atoms with E-state index in [4.69, 9.17) is 5.73 Å². The first-order valence-electron chi connectivity index (χ1n) is 6.57. The van der Waals surface area contributed by atoms with Crippen LogP contribution in [0.2, 0.25) is 0 Å². The number of rotatable bonds is 3. The average molecular weight is 269 g/mol. The van der Waals surface area contributed by atoms with Gasteiger partial charge in [0.15, 0.2) is 11.6 Å². The van der Waals surface area contributed by atoms with Crippen molar-refractivity contribution in [3.8, 4) is 0 Å². The van der Waals surface area contributed by atoms with Gasteiger partial charge in [-0.3, -0.25) is 0 Å². The normalized spacial score (nSPS) is 19.4. The maximum absolute atomic E-state index is 13.7. The second kappa shape index (κ2) is 5.33. The van der Waals surface area contributed by atoms with Gasteiger partial charge >= 0.3 is 0 Å². The van der Waals surface area contributed by atoms with Crippen LogP contribution in [0.15, 0.2) is 12.1 Å². The second-order valence-corrected chi connectivity index (χ2v) is 5.83. The number of nitrogen functional groups attached to an aromatic ring is 1. The van der Waals surface area contributed by atoms with Gasteiger partial charge in [-0.15, -0.1) is 0 Å². The summed E-state index contributed by atoms with van der Waals surface area (Å²) in [5.74, 6) is -1.26. The third-order valence-electron chi connectivity index (χ3n) is 3.95. The molecule has 1 aromatic rings. The van der Waals surface area contributed by atoms with E-state index >= 15 is 0 Å². The van der Waals surface area contributed by atoms with Gasteiger partial charge in [0.2, 0.25) is 0 Å². The molecule has 3 N–H and O–H groups in total. The van der Waals surface area contributed by atoms with Gasteiger partial charge in [0.05, 0.1) is 0 Å². The average Bonchev–Trinajstić information content (AvgIpc) is 2.32. The lowest BCUT2D eigenvalue weighted by molar-refractivity contribution is 0.150. The quantitative estimate of drug-likeness (QED) is 0.829. The summed E-state index contributed by atoms with van der Waals surface area (Å²) < 4.78 is 27.3. The molecule has 0 spiro atoms. The third-order valence-corrected chi connectivity index (χ3v) is 3.95. The largest absolute Gasteiger partial charge is 0.399 e. The Morgan fingerprint density at radius 2 is 1.79 bits per heavy atom. The SMILES string of the molecule is CN1CCC(C)(CNc2c(F)cc(N)cc2F)CC1. The summed E-state index contributed by atoms with van der Waals surface area (Å²) in [5.41, 5.74) is 5.50. The van der Waals surface area contributed by atoms with E-state index in [0.717, 1.165) is 38.1 Å². The van der Waals surface area contributed by atoms with Crippen LogP contribution >= 0.6 is 0 Å². The lowest BCUT2D eigenvalue weighted by atomic mass is 9.80. The van der Waals surface area contributed by atoms with E-state index < -0.39 is 11.6 Å². The van der Waals surface area contributed by atoms with Gasteiger partial charge in [-0.05, 0) is 50.5 Å². The molecular weight excluding hydrogens is 248 g/mol. The fourth-order valence-corrected chi connectivity index (χ4v) is 2.40. The molecule has 1 heterocycles. The monoisotopic (exact) mass is 269 g/mol. The Labute approximate surface area is 112 Å². The molecule has 1 fully saturated rings. The number of halogens is 2. The molecular formula is C14H21F2N3. The number of benzene rings is 1. The molecule has 5 heteroatoms. The maximum atomic E-state index is 13.7. The number of piperidine rings is 1. The van der Waals surface area contributed by atoms with E-state index in [1.165, 1.54) is 0 Å². The van der Waals surface area contributed by atoms with Gasteiger partial charge in [0.25, 0.3) is 0 Å². The summed E-state index contributed by atoms with van der Waals surface area (Å²) in [4.78, 5) is 2.27. The third kappa shape index (κ3) is 3.35. The van der Waals surface area contributed by atoms with Crippen molar-refractivity contribution in [2.75, 3.05) is 37.7 Å². The summed E-state index contributed by atoms with van der Waals surface area (Å²) >= 11 is 0. The van der Waals surface area contributed by atoms with E-state index in [1.807, 2.05) is 0 Å². The molecule has 106 valence electrons. The predicted molar refractivity (Wildman–Crippen MR) is 74.1 cm³/mol. The van der Waals surface area contributed by atoms with Crippen molar-refractivity contribution in [3.63, 3.8) is 0 Å². The molecule has 0 aromatic heterocycles. The van der Waals surface area contributed by atoms with Crippen molar-refractivity contribution in [1.29, 1.82) is 0 Å². The van der Waals surface area contributed by atoms with Crippen molar-refractivity contribution in [2.45, 2.75) is 19.8 Å².